The predicted molar refractivity (Wildman–Crippen MR) is 80.8 cm³/mol. The molecule has 0 fully saturated rings. The zero-order chi connectivity index (χ0) is 14.2. The molecule has 0 aliphatic carbocycles. The minimum Gasteiger partial charge on any atom is -0.334 e. The van der Waals surface area contributed by atoms with E-state index in [4.69, 9.17) is 0 Å². The van der Waals surface area contributed by atoms with Gasteiger partial charge in [0.1, 0.15) is 0 Å². The summed E-state index contributed by atoms with van der Waals surface area (Å²) in [6, 6.07) is 10.0. The topological polar surface area (TPSA) is 34.9 Å². The molecule has 1 aromatic heterocycles. The van der Waals surface area contributed by atoms with Crippen molar-refractivity contribution in [3.05, 3.63) is 54.6 Å². The first-order valence-corrected chi connectivity index (χ1v) is 7.37. The van der Waals surface area contributed by atoms with Crippen LogP contribution in [0.4, 0.5) is 0 Å². The van der Waals surface area contributed by atoms with Gasteiger partial charge < -0.3 is 4.57 Å². The number of aromatic nitrogens is 2. The highest BCUT2D eigenvalue weighted by molar-refractivity contribution is 5.95. The number of hydrogen-bond acceptors (Lipinski definition) is 2. The van der Waals surface area contributed by atoms with Crippen LogP contribution < -0.4 is 0 Å². The summed E-state index contributed by atoms with van der Waals surface area (Å²) >= 11 is 0. The number of Topliss-reactive ketones (excluding diaryl/α,β-unsaturated/α-hetero) is 1. The number of benzene rings is 1. The molecule has 0 saturated heterocycles. The quantitative estimate of drug-likeness (QED) is 0.671. The van der Waals surface area contributed by atoms with Crippen molar-refractivity contribution in [1.82, 2.24) is 9.55 Å². The summed E-state index contributed by atoms with van der Waals surface area (Å²) in [7, 11) is 0. The highest BCUT2D eigenvalue weighted by atomic mass is 16.1. The van der Waals surface area contributed by atoms with Gasteiger partial charge in [0.05, 0.1) is 6.33 Å². The van der Waals surface area contributed by atoms with Crippen LogP contribution in [0.5, 0.6) is 0 Å². The van der Waals surface area contributed by atoms with Crippen molar-refractivity contribution in [2.75, 3.05) is 0 Å². The Hall–Kier alpha value is -1.90. The molecule has 1 aromatic carbocycles. The van der Waals surface area contributed by atoms with Gasteiger partial charge in [0, 0.05) is 30.4 Å². The highest BCUT2D eigenvalue weighted by Gasteiger charge is 2.11. The molecule has 3 heteroatoms. The van der Waals surface area contributed by atoms with E-state index in [0.717, 1.165) is 31.2 Å². The van der Waals surface area contributed by atoms with E-state index in [1.807, 2.05) is 49.1 Å². The van der Waals surface area contributed by atoms with Crippen molar-refractivity contribution in [3.63, 3.8) is 0 Å². The van der Waals surface area contributed by atoms with Crippen molar-refractivity contribution < 1.29 is 4.79 Å². The first kappa shape index (κ1) is 14.5. The molecule has 3 nitrogen and oxygen atoms in total. The number of imidazole rings is 1. The number of ketones is 1. The fourth-order valence-electron chi connectivity index (χ4n) is 2.53. The van der Waals surface area contributed by atoms with E-state index in [0.29, 0.717) is 12.5 Å². The Morgan fingerprint density at radius 3 is 2.70 bits per heavy atom. The summed E-state index contributed by atoms with van der Waals surface area (Å²) in [5.41, 5.74) is 0.821. The van der Waals surface area contributed by atoms with Crippen LogP contribution >= 0.6 is 0 Å². The molecule has 0 amide bonds. The van der Waals surface area contributed by atoms with Crippen LogP contribution in [0.1, 0.15) is 55.4 Å². The van der Waals surface area contributed by atoms with Crippen LogP contribution in [-0.2, 0) is 0 Å². The predicted octanol–water partition coefficient (Wildman–Crippen LogP) is 4.28. The lowest BCUT2D eigenvalue weighted by Gasteiger charge is -2.17. The van der Waals surface area contributed by atoms with Crippen molar-refractivity contribution in [1.29, 1.82) is 0 Å². The number of carbonyl (C=O) groups is 1. The lowest BCUT2D eigenvalue weighted by atomic mass is 10.0. The van der Waals surface area contributed by atoms with E-state index in [2.05, 4.69) is 16.5 Å². The first-order chi connectivity index (χ1) is 9.81. The maximum atomic E-state index is 12.1. The van der Waals surface area contributed by atoms with E-state index >= 15 is 0 Å². The Kier molecular flexibility index (Phi) is 5.54. The Morgan fingerprint density at radius 1 is 1.25 bits per heavy atom. The van der Waals surface area contributed by atoms with Crippen LogP contribution in [-0.4, -0.2) is 15.3 Å². The van der Waals surface area contributed by atoms with Crippen LogP contribution in [0.15, 0.2) is 49.1 Å². The van der Waals surface area contributed by atoms with Crippen LogP contribution in [0, 0.1) is 0 Å². The average Bonchev–Trinajstić information content (AvgIpc) is 3.01. The third-order valence-corrected chi connectivity index (χ3v) is 3.61. The second-order valence-electron chi connectivity index (χ2n) is 5.13. The standard InChI is InChI=1S/C17H22N2O/c1-2-7-16(19-13-12-18-14-19)10-6-11-17(20)15-8-4-3-5-9-15/h3-5,8-9,12-14,16H,2,6-7,10-11H2,1H3. The van der Waals surface area contributed by atoms with Crippen LogP contribution in [0.25, 0.3) is 0 Å². The minimum atomic E-state index is 0.242. The number of nitrogens with zero attached hydrogens (tertiary/aromatic N) is 2. The van der Waals surface area contributed by atoms with Gasteiger partial charge in [0.15, 0.2) is 5.78 Å². The zero-order valence-electron chi connectivity index (χ0n) is 12.0. The second kappa shape index (κ2) is 7.63. The van der Waals surface area contributed by atoms with Crippen molar-refractivity contribution >= 4 is 5.78 Å². The molecular weight excluding hydrogens is 248 g/mol. The molecule has 0 radical (unpaired) electrons. The smallest absolute Gasteiger partial charge is 0.162 e. The van der Waals surface area contributed by atoms with Gasteiger partial charge >= 0.3 is 0 Å². The Labute approximate surface area is 120 Å². The monoisotopic (exact) mass is 270 g/mol. The molecule has 0 bridgehead atoms. The number of rotatable bonds is 8. The summed E-state index contributed by atoms with van der Waals surface area (Å²) in [5.74, 6) is 0.242. The summed E-state index contributed by atoms with van der Waals surface area (Å²) in [5, 5.41) is 0. The van der Waals surface area contributed by atoms with Gasteiger partial charge in [-0.1, -0.05) is 43.7 Å². The zero-order valence-corrected chi connectivity index (χ0v) is 12.0. The molecule has 20 heavy (non-hydrogen) atoms. The largest absolute Gasteiger partial charge is 0.334 e. The minimum absolute atomic E-state index is 0.242. The molecule has 2 aromatic rings. The van der Waals surface area contributed by atoms with Gasteiger partial charge in [-0.3, -0.25) is 4.79 Å². The molecule has 2 rings (SSSR count). The Balaban J connectivity index is 1.83. The second-order valence-corrected chi connectivity index (χ2v) is 5.13. The summed E-state index contributed by atoms with van der Waals surface area (Å²) in [4.78, 5) is 16.2. The van der Waals surface area contributed by atoms with E-state index < -0.39 is 0 Å². The fourth-order valence-corrected chi connectivity index (χ4v) is 2.53. The third kappa shape index (κ3) is 4.05. The van der Waals surface area contributed by atoms with E-state index in [1.54, 1.807) is 0 Å². The van der Waals surface area contributed by atoms with Crippen LogP contribution in [0.2, 0.25) is 0 Å². The average molecular weight is 270 g/mol. The van der Waals surface area contributed by atoms with Crippen molar-refractivity contribution in [3.8, 4) is 0 Å². The molecule has 1 heterocycles. The Bertz CT molecular complexity index is 505. The summed E-state index contributed by atoms with van der Waals surface area (Å²) in [6.07, 6.45) is 10.6. The van der Waals surface area contributed by atoms with E-state index in [-0.39, 0.29) is 5.78 Å². The molecule has 0 spiro atoms. The molecule has 0 saturated carbocycles. The summed E-state index contributed by atoms with van der Waals surface area (Å²) in [6.45, 7) is 2.19. The van der Waals surface area contributed by atoms with Gasteiger partial charge in [0.2, 0.25) is 0 Å². The Morgan fingerprint density at radius 2 is 2.05 bits per heavy atom. The molecular formula is C17H22N2O. The molecule has 1 atom stereocenters. The lowest BCUT2D eigenvalue weighted by molar-refractivity contribution is 0.0977. The molecule has 106 valence electrons. The van der Waals surface area contributed by atoms with Gasteiger partial charge in [-0.15, -0.1) is 0 Å². The van der Waals surface area contributed by atoms with Gasteiger partial charge in [-0.05, 0) is 19.3 Å². The maximum Gasteiger partial charge on any atom is 0.162 e. The number of hydrogen-bond donors (Lipinski definition) is 0. The normalized spacial score (nSPS) is 12.2. The first-order valence-electron chi connectivity index (χ1n) is 7.37. The van der Waals surface area contributed by atoms with Gasteiger partial charge in [0.25, 0.3) is 0 Å². The van der Waals surface area contributed by atoms with E-state index in [9.17, 15) is 4.79 Å². The SMILES string of the molecule is CCCC(CCCC(=O)c1ccccc1)n1ccnc1. The third-order valence-electron chi connectivity index (χ3n) is 3.61. The molecule has 1 unspecified atom stereocenters. The van der Waals surface area contributed by atoms with Crippen molar-refractivity contribution in [2.24, 2.45) is 0 Å². The van der Waals surface area contributed by atoms with Gasteiger partial charge in [-0.25, -0.2) is 4.98 Å². The number of carbonyl (C=O) groups excluding carboxylic acids is 1. The maximum absolute atomic E-state index is 12.1. The molecule has 0 aliphatic rings. The van der Waals surface area contributed by atoms with E-state index in [1.165, 1.54) is 0 Å². The lowest BCUT2D eigenvalue weighted by Crippen LogP contribution is -2.08. The van der Waals surface area contributed by atoms with Crippen LogP contribution in [0.3, 0.4) is 0 Å². The van der Waals surface area contributed by atoms with Crippen molar-refractivity contribution in [2.45, 2.75) is 45.1 Å². The summed E-state index contributed by atoms with van der Waals surface area (Å²) < 4.78 is 2.16. The highest BCUT2D eigenvalue weighted by Crippen LogP contribution is 2.21. The fraction of sp³-hybridized carbons (Fsp3) is 0.412. The molecule has 0 aliphatic heterocycles. The molecule has 0 N–H and O–H groups in total. The van der Waals surface area contributed by atoms with Gasteiger partial charge in [-0.2, -0.15) is 0 Å².